The van der Waals surface area contributed by atoms with E-state index in [0.29, 0.717) is 0 Å². The molecule has 0 saturated heterocycles. The lowest BCUT2D eigenvalue weighted by Gasteiger charge is -2.06. The molecule has 1 amide bonds. The number of imidazole rings is 1. The van der Waals surface area contributed by atoms with Crippen molar-refractivity contribution < 1.29 is 4.79 Å². The van der Waals surface area contributed by atoms with Crippen LogP contribution in [-0.4, -0.2) is 15.9 Å². The molecule has 3 aromatic rings. The van der Waals surface area contributed by atoms with E-state index in [2.05, 4.69) is 27.4 Å². The minimum atomic E-state index is -0.556. The zero-order valence-electron chi connectivity index (χ0n) is 10.8. The van der Waals surface area contributed by atoms with E-state index in [4.69, 9.17) is 5.73 Å². The molecule has 0 fully saturated rings. The van der Waals surface area contributed by atoms with E-state index in [1.54, 1.807) is 0 Å². The van der Waals surface area contributed by atoms with Crippen LogP contribution < -0.4 is 11.1 Å². The molecule has 5 heteroatoms. The third-order valence-electron chi connectivity index (χ3n) is 3.05. The third kappa shape index (κ3) is 2.47. The van der Waals surface area contributed by atoms with Crippen LogP contribution in [0.1, 0.15) is 16.2 Å². The quantitative estimate of drug-likeness (QED) is 0.677. The summed E-state index contributed by atoms with van der Waals surface area (Å²) in [6.45, 7) is 0.739. The zero-order valence-corrected chi connectivity index (χ0v) is 10.8. The van der Waals surface area contributed by atoms with Gasteiger partial charge in [-0.15, -0.1) is 0 Å². The maximum absolute atomic E-state index is 11.1. The Hall–Kier alpha value is -2.82. The Labute approximate surface area is 115 Å². The van der Waals surface area contributed by atoms with Gasteiger partial charge in [0.15, 0.2) is 5.82 Å². The second-order valence-corrected chi connectivity index (χ2v) is 4.52. The Morgan fingerprint density at radius 2 is 2.00 bits per heavy atom. The second-order valence-electron chi connectivity index (χ2n) is 4.52. The summed E-state index contributed by atoms with van der Waals surface area (Å²) in [6, 6.07) is 15.8. The van der Waals surface area contributed by atoms with Crippen LogP contribution in [-0.2, 0) is 6.54 Å². The molecule has 3 rings (SSSR count). The Balaban J connectivity index is 1.80. The number of carbonyl (C=O) groups excluding carboxylic acids is 1. The minimum absolute atomic E-state index is 0.181. The first kappa shape index (κ1) is 12.2. The van der Waals surface area contributed by atoms with E-state index in [9.17, 15) is 4.79 Å². The van der Waals surface area contributed by atoms with Gasteiger partial charge in [-0.3, -0.25) is 4.79 Å². The van der Waals surface area contributed by atoms with Crippen LogP contribution in [0.5, 0.6) is 0 Å². The van der Waals surface area contributed by atoms with Gasteiger partial charge in [-0.1, -0.05) is 30.3 Å². The van der Waals surface area contributed by atoms with Crippen LogP contribution in [0.4, 0.5) is 5.69 Å². The number of nitrogens with zero attached hydrogens (tertiary/aromatic N) is 1. The number of anilines is 1. The summed E-state index contributed by atoms with van der Waals surface area (Å²) in [5.74, 6) is -0.375. The van der Waals surface area contributed by atoms with Crippen molar-refractivity contribution in [2.75, 3.05) is 5.32 Å². The van der Waals surface area contributed by atoms with E-state index in [1.807, 2.05) is 36.4 Å². The van der Waals surface area contributed by atoms with Gasteiger partial charge in [0, 0.05) is 12.2 Å². The fraction of sp³-hybridized carbons (Fsp3) is 0.0667. The predicted octanol–water partition coefficient (Wildman–Crippen LogP) is 2.27. The summed E-state index contributed by atoms with van der Waals surface area (Å²) in [5, 5.41) is 3.33. The Morgan fingerprint density at radius 3 is 2.75 bits per heavy atom. The highest BCUT2D eigenvalue weighted by Gasteiger charge is 2.07. The van der Waals surface area contributed by atoms with E-state index in [-0.39, 0.29) is 5.82 Å². The van der Waals surface area contributed by atoms with Crippen LogP contribution in [0.25, 0.3) is 11.0 Å². The van der Waals surface area contributed by atoms with Gasteiger partial charge < -0.3 is 16.0 Å². The highest BCUT2D eigenvalue weighted by atomic mass is 16.1. The molecule has 0 saturated carbocycles. The maximum atomic E-state index is 11.1. The smallest absolute Gasteiger partial charge is 0.284 e. The van der Waals surface area contributed by atoms with Crippen LogP contribution in [0, 0.1) is 0 Å². The molecule has 4 N–H and O–H groups in total. The minimum Gasteiger partial charge on any atom is -0.381 e. The number of benzene rings is 2. The summed E-state index contributed by atoms with van der Waals surface area (Å²) in [4.78, 5) is 18.1. The number of rotatable bonds is 4. The monoisotopic (exact) mass is 266 g/mol. The van der Waals surface area contributed by atoms with Crippen molar-refractivity contribution in [1.29, 1.82) is 0 Å². The predicted molar refractivity (Wildman–Crippen MR) is 78.4 cm³/mol. The number of fused-ring (bicyclic) bond motifs is 1. The molecule has 0 spiro atoms. The molecular weight excluding hydrogens is 252 g/mol. The number of nitrogens with two attached hydrogens (primary N) is 1. The van der Waals surface area contributed by atoms with Crippen molar-refractivity contribution >= 4 is 22.6 Å². The number of aromatic nitrogens is 2. The first-order valence-corrected chi connectivity index (χ1v) is 6.30. The van der Waals surface area contributed by atoms with Crippen LogP contribution >= 0.6 is 0 Å². The molecule has 0 unspecified atom stereocenters. The summed E-state index contributed by atoms with van der Waals surface area (Å²) < 4.78 is 0. The molecule has 0 aliphatic rings. The normalized spacial score (nSPS) is 10.6. The molecule has 1 aromatic heterocycles. The maximum Gasteiger partial charge on any atom is 0.284 e. The number of H-pyrrole nitrogens is 1. The number of amides is 1. The lowest BCUT2D eigenvalue weighted by Crippen LogP contribution is -2.12. The molecule has 0 aliphatic carbocycles. The summed E-state index contributed by atoms with van der Waals surface area (Å²) in [7, 11) is 0. The van der Waals surface area contributed by atoms with Gasteiger partial charge in [0.2, 0.25) is 0 Å². The van der Waals surface area contributed by atoms with Gasteiger partial charge in [-0.25, -0.2) is 4.98 Å². The average molecular weight is 266 g/mol. The average Bonchev–Trinajstić information content (AvgIpc) is 2.89. The SMILES string of the molecule is NC(=O)c1nc2ccc(NCc3ccccc3)cc2[nH]1. The lowest BCUT2D eigenvalue weighted by molar-refractivity contribution is 0.0991. The highest BCUT2D eigenvalue weighted by Crippen LogP contribution is 2.17. The molecule has 2 aromatic carbocycles. The molecular formula is C15H14N4O. The third-order valence-corrected chi connectivity index (χ3v) is 3.05. The van der Waals surface area contributed by atoms with Gasteiger partial charge in [-0.05, 0) is 23.8 Å². The Morgan fingerprint density at radius 1 is 1.20 bits per heavy atom. The molecule has 100 valence electrons. The Kier molecular flexibility index (Phi) is 3.09. The van der Waals surface area contributed by atoms with Crippen LogP contribution in [0.2, 0.25) is 0 Å². The van der Waals surface area contributed by atoms with E-state index < -0.39 is 5.91 Å². The molecule has 0 radical (unpaired) electrons. The van der Waals surface area contributed by atoms with Crippen molar-refractivity contribution in [2.24, 2.45) is 5.73 Å². The van der Waals surface area contributed by atoms with Gasteiger partial charge in [0.05, 0.1) is 11.0 Å². The van der Waals surface area contributed by atoms with Gasteiger partial charge in [-0.2, -0.15) is 0 Å². The topological polar surface area (TPSA) is 83.8 Å². The number of carbonyl (C=O) groups is 1. The first-order valence-electron chi connectivity index (χ1n) is 6.30. The van der Waals surface area contributed by atoms with Crippen molar-refractivity contribution in [3.8, 4) is 0 Å². The van der Waals surface area contributed by atoms with Crippen LogP contribution in [0.15, 0.2) is 48.5 Å². The molecule has 1 heterocycles. The molecule has 0 atom stereocenters. The molecule has 5 nitrogen and oxygen atoms in total. The molecule has 0 aliphatic heterocycles. The molecule has 0 bridgehead atoms. The van der Waals surface area contributed by atoms with Crippen molar-refractivity contribution in [3.05, 3.63) is 59.9 Å². The first-order chi connectivity index (χ1) is 9.72. The van der Waals surface area contributed by atoms with E-state index >= 15 is 0 Å². The Bertz CT molecular complexity index is 749. The van der Waals surface area contributed by atoms with Crippen molar-refractivity contribution in [1.82, 2.24) is 9.97 Å². The number of hydrogen-bond acceptors (Lipinski definition) is 3. The number of hydrogen-bond donors (Lipinski definition) is 3. The number of primary amides is 1. The standard InChI is InChI=1S/C15H14N4O/c16-14(20)15-18-12-7-6-11(8-13(12)19-15)17-9-10-4-2-1-3-5-10/h1-8,17H,9H2,(H2,16,20)(H,18,19). The largest absolute Gasteiger partial charge is 0.381 e. The van der Waals surface area contributed by atoms with Crippen molar-refractivity contribution in [2.45, 2.75) is 6.54 Å². The van der Waals surface area contributed by atoms with Gasteiger partial charge in [0.25, 0.3) is 5.91 Å². The van der Waals surface area contributed by atoms with Gasteiger partial charge in [0.1, 0.15) is 0 Å². The summed E-state index contributed by atoms with van der Waals surface area (Å²) >= 11 is 0. The lowest BCUT2D eigenvalue weighted by atomic mass is 10.2. The molecule has 20 heavy (non-hydrogen) atoms. The van der Waals surface area contributed by atoms with E-state index in [0.717, 1.165) is 23.3 Å². The second kappa shape index (κ2) is 5.05. The zero-order chi connectivity index (χ0) is 13.9. The highest BCUT2D eigenvalue weighted by molar-refractivity contribution is 5.93. The summed E-state index contributed by atoms with van der Waals surface area (Å²) in [6.07, 6.45) is 0. The van der Waals surface area contributed by atoms with Gasteiger partial charge >= 0.3 is 0 Å². The van der Waals surface area contributed by atoms with Crippen LogP contribution in [0.3, 0.4) is 0 Å². The van der Waals surface area contributed by atoms with Crippen molar-refractivity contribution in [3.63, 3.8) is 0 Å². The fourth-order valence-electron chi connectivity index (χ4n) is 2.04. The number of aromatic amines is 1. The van der Waals surface area contributed by atoms with E-state index in [1.165, 1.54) is 5.56 Å². The summed E-state index contributed by atoms with van der Waals surface area (Å²) in [5.41, 5.74) is 8.88. The number of nitrogens with one attached hydrogen (secondary N) is 2. The fourth-order valence-corrected chi connectivity index (χ4v) is 2.04.